The second-order valence-electron chi connectivity index (χ2n) is 9.37. The predicted molar refractivity (Wildman–Crippen MR) is 136 cm³/mol. The molecule has 12 nitrogen and oxygen atoms in total. The Hall–Kier alpha value is -3.90. The highest BCUT2D eigenvalue weighted by Gasteiger charge is 2.29. The van der Waals surface area contributed by atoms with E-state index in [-0.39, 0.29) is 30.7 Å². The number of aromatic nitrogens is 3. The summed E-state index contributed by atoms with van der Waals surface area (Å²) in [5, 5.41) is 15.3. The summed E-state index contributed by atoms with van der Waals surface area (Å²) in [5.74, 6) is 1.02. The number of hydrogen-bond donors (Lipinski definition) is 4. The first-order chi connectivity index (χ1) is 18.5. The van der Waals surface area contributed by atoms with Gasteiger partial charge in [-0.05, 0) is 44.7 Å². The molecule has 2 aliphatic rings. The monoisotopic (exact) mass is 525 g/mol. The molecule has 202 valence electrons. The molecule has 12 heteroatoms. The number of H-pyrrole nitrogens is 1. The molecule has 1 atom stereocenters. The topological polar surface area (TPSA) is 157 Å². The van der Waals surface area contributed by atoms with E-state index in [1.807, 2.05) is 0 Å². The lowest BCUT2D eigenvalue weighted by Crippen LogP contribution is -2.45. The van der Waals surface area contributed by atoms with Crippen LogP contribution in [0, 0.1) is 0 Å². The van der Waals surface area contributed by atoms with Crippen LogP contribution >= 0.6 is 0 Å². The number of benzene rings is 1. The van der Waals surface area contributed by atoms with Gasteiger partial charge in [-0.2, -0.15) is 0 Å². The molecule has 2 aromatic heterocycles. The number of carbonyl (C=O) groups excluding carboxylic acids is 2. The predicted octanol–water partition coefficient (Wildman–Crippen LogP) is 1.92. The van der Waals surface area contributed by atoms with Gasteiger partial charge in [-0.15, -0.1) is 0 Å². The first-order valence-corrected chi connectivity index (χ1v) is 12.6. The molecular formula is C26H31N5O7. The molecule has 0 spiro atoms. The summed E-state index contributed by atoms with van der Waals surface area (Å²) in [4.78, 5) is 37.1. The molecule has 3 heterocycles. The number of nitrogens with zero attached hydrogens (tertiary/aromatic N) is 2. The van der Waals surface area contributed by atoms with E-state index in [0.717, 1.165) is 25.7 Å². The lowest BCUT2D eigenvalue weighted by Gasteiger charge is -2.29. The number of rotatable bonds is 9. The fourth-order valence-corrected chi connectivity index (χ4v) is 4.80. The summed E-state index contributed by atoms with van der Waals surface area (Å²) < 4.78 is 22.4. The van der Waals surface area contributed by atoms with Gasteiger partial charge in [0.2, 0.25) is 12.7 Å². The molecule has 2 amide bonds. The lowest BCUT2D eigenvalue weighted by molar-refractivity contribution is -0.129. The summed E-state index contributed by atoms with van der Waals surface area (Å²) >= 11 is 0. The summed E-state index contributed by atoms with van der Waals surface area (Å²) in [6.07, 6.45) is 4.87. The minimum absolute atomic E-state index is 0.00672. The van der Waals surface area contributed by atoms with Gasteiger partial charge in [-0.3, -0.25) is 9.59 Å². The van der Waals surface area contributed by atoms with Gasteiger partial charge >= 0.3 is 0 Å². The zero-order valence-corrected chi connectivity index (χ0v) is 21.3. The van der Waals surface area contributed by atoms with Crippen LogP contribution in [0.1, 0.15) is 43.0 Å². The average molecular weight is 526 g/mol. The zero-order valence-electron chi connectivity index (χ0n) is 21.3. The zero-order chi connectivity index (χ0) is 26.6. The minimum Gasteiger partial charge on any atom is -0.490 e. The average Bonchev–Trinajstić information content (AvgIpc) is 3.57. The van der Waals surface area contributed by atoms with Gasteiger partial charge in [0.25, 0.3) is 5.91 Å². The number of hydrogen-bond acceptors (Lipinski definition) is 9. The van der Waals surface area contributed by atoms with Crippen molar-refractivity contribution in [2.24, 2.45) is 0 Å². The Morgan fingerprint density at radius 1 is 1.13 bits per heavy atom. The van der Waals surface area contributed by atoms with Gasteiger partial charge in [0.05, 0.1) is 23.3 Å². The maximum Gasteiger partial charge on any atom is 0.255 e. The Morgan fingerprint density at radius 3 is 2.63 bits per heavy atom. The number of carbonyl (C=O) groups is 2. The van der Waals surface area contributed by atoms with Crippen LogP contribution in [0.2, 0.25) is 0 Å². The molecule has 1 saturated carbocycles. The molecular weight excluding hydrogens is 494 g/mol. The minimum atomic E-state index is -1.04. The molecule has 0 radical (unpaired) electrons. The van der Waals surface area contributed by atoms with Crippen molar-refractivity contribution in [2.75, 3.05) is 27.1 Å². The van der Waals surface area contributed by atoms with E-state index >= 15 is 0 Å². The van der Waals surface area contributed by atoms with Crippen molar-refractivity contribution in [3.05, 3.63) is 30.2 Å². The quantitative estimate of drug-likeness (QED) is 0.306. The lowest BCUT2D eigenvalue weighted by atomic mass is 9.91. The van der Waals surface area contributed by atoms with Crippen molar-refractivity contribution >= 4 is 22.8 Å². The van der Waals surface area contributed by atoms with Crippen LogP contribution in [0.3, 0.4) is 0 Å². The van der Waals surface area contributed by atoms with E-state index < -0.39 is 6.10 Å². The van der Waals surface area contributed by atoms with Crippen LogP contribution in [0.25, 0.3) is 22.3 Å². The van der Waals surface area contributed by atoms with Gasteiger partial charge in [-0.25, -0.2) is 9.97 Å². The fraction of sp³-hybridized carbons (Fsp3) is 0.462. The Bertz CT molecular complexity index is 1320. The number of nitrogens with one attached hydrogen (secondary N) is 3. The highest BCUT2D eigenvalue weighted by Crippen LogP contribution is 2.47. The van der Waals surface area contributed by atoms with Crippen molar-refractivity contribution in [1.82, 2.24) is 25.6 Å². The molecule has 1 aliphatic carbocycles. The van der Waals surface area contributed by atoms with Gasteiger partial charge in [0.15, 0.2) is 11.5 Å². The van der Waals surface area contributed by atoms with E-state index in [4.69, 9.17) is 18.9 Å². The molecule has 1 fully saturated rings. The third kappa shape index (κ3) is 5.22. The van der Waals surface area contributed by atoms with Gasteiger partial charge in [0, 0.05) is 25.4 Å². The van der Waals surface area contributed by atoms with E-state index in [2.05, 4.69) is 25.6 Å². The maximum atomic E-state index is 13.2. The molecule has 3 aromatic rings. The van der Waals surface area contributed by atoms with Crippen LogP contribution in [0.5, 0.6) is 17.2 Å². The Labute approximate surface area is 219 Å². The normalized spacial score (nSPS) is 19.2. The van der Waals surface area contributed by atoms with Crippen molar-refractivity contribution in [3.8, 4) is 28.5 Å². The van der Waals surface area contributed by atoms with Crippen LogP contribution in [0.15, 0.2) is 24.7 Å². The van der Waals surface area contributed by atoms with Crippen LogP contribution < -0.4 is 24.8 Å². The SMILES string of the molecule is COCCOc1ccc2c(c1-c1ncnc3c(C(=O)NC4CCC(NC(=O)[C@H](C)O)CC4)c[nH]c13)OCO2. The Kier molecular flexibility index (Phi) is 7.61. The molecule has 1 aliphatic heterocycles. The van der Waals surface area contributed by atoms with E-state index in [1.54, 1.807) is 25.4 Å². The Balaban J connectivity index is 1.36. The van der Waals surface area contributed by atoms with Crippen LogP contribution in [-0.2, 0) is 9.53 Å². The fourth-order valence-electron chi connectivity index (χ4n) is 4.80. The van der Waals surface area contributed by atoms with Gasteiger partial charge in [-0.1, -0.05) is 0 Å². The maximum absolute atomic E-state index is 13.2. The van der Waals surface area contributed by atoms with Gasteiger partial charge < -0.3 is 39.7 Å². The third-order valence-corrected chi connectivity index (χ3v) is 6.78. The Morgan fingerprint density at radius 2 is 1.89 bits per heavy atom. The first-order valence-electron chi connectivity index (χ1n) is 12.6. The highest BCUT2D eigenvalue weighted by molar-refractivity contribution is 6.08. The highest BCUT2D eigenvalue weighted by atomic mass is 16.7. The van der Waals surface area contributed by atoms with Crippen molar-refractivity contribution in [2.45, 2.75) is 50.8 Å². The number of amides is 2. The largest absolute Gasteiger partial charge is 0.490 e. The van der Waals surface area contributed by atoms with Gasteiger partial charge in [0.1, 0.15) is 36.0 Å². The smallest absolute Gasteiger partial charge is 0.255 e. The number of aliphatic hydroxyl groups excluding tert-OH is 1. The summed E-state index contributed by atoms with van der Waals surface area (Å²) in [6.45, 7) is 2.27. The summed E-state index contributed by atoms with van der Waals surface area (Å²) in [5.41, 5.74) is 2.58. The standard InChI is InChI=1S/C26H31N5O7/c1-14(32)25(33)30-15-3-5-16(6-4-15)31-26(34)17-11-27-23-21(17)28-12-29-22(23)20-18(36-10-9-35-2)7-8-19-24(20)38-13-37-19/h7-8,11-12,14-16,27,32H,3-6,9-10,13H2,1-2H3,(H,30,33)(H,31,34)/t14-,15?,16?/m0/s1. The second kappa shape index (κ2) is 11.2. The summed E-state index contributed by atoms with van der Waals surface area (Å²) in [6, 6.07) is 3.54. The van der Waals surface area contributed by atoms with Crippen LogP contribution in [-0.4, -0.2) is 77.2 Å². The van der Waals surface area contributed by atoms with Crippen molar-refractivity contribution in [3.63, 3.8) is 0 Å². The van der Waals surface area contributed by atoms with Crippen LogP contribution in [0.4, 0.5) is 0 Å². The first kappa shape index (κ1) is 25.7. The number of fused-ring (bicyclic) bond motifs is 2. The van der Waals surface area contributed by atoms with Crippen molar-refractivity contribution < 1.29 is 33.6 Å². The molecule has 5 rings (SSSR count). The number of aliphatic hydroxyl groups is 1. The molecule has 4 N–H and O–H groups in total. The molecule has 38 heavy (non-hydrogen) atoms. The molecule has 0 unspecified atom stereocenters. The molecule has 1 aromatic carbocycles. The number of ether oxygens (including phenoxy) is 4. The summed E-state index contributed by atoms with van der Waals surface area (Å²) in [7, 11) is 1.60. The van der Waals surface area contributed by atoms with Crippen molar-refractivity contribution in [1.29, 1.82) is 0 Å². The third-order valence-electron chi connectivity index (χ3n) is 6.78. The van der Waals surface area contributed by atoms with E-state index in [0.29, 0.717) is 58.3 Å². The van der Waals surface area contributed by atoms with E-state index in [9.17, 15) is 14.7 Å². The molecule has 0 saturated heterocycles. The van der Waals surface area contributed by atoms with E-state index in [1.165, 1.54) is 13.3 Å². The second-order valence-corrected chi connectivity index (χ2v) is 9.37. The number of aromatic amines is 1. The number of methoxy groups -OCH3 is 1. The molecule has 0 bridgehead atoms.